The minimum Gasteiger partial charge on any atom is -0.491 e. The molecule has 2 aromatic carbocycles. The number of nitrogens with one attached hydrogen (secondary N) is 1. The number of nitrogens with zero attached hydrogens (tertiary/aromatic N) is 2. The first-order valence-corrected chi connectivity index (χ1v) is 13.9. The van der Waals surface area contributed by atoms with E-state index in [0.29, 0.717) is 34.8 Å². The number of dihydropyridines is 1. The monoisotopic (exact) mass is 593 g/mol. The van der Waals surface area contributed by atoms with Crippen LogP contribution >= 0.6 is 0 Å². The van der Waals surface area contributed by atoms with Crippen LogP contribution in [0.4, 0.5) is 4.39 Å². The second-order valence-electron chi connectivity index (χ2n) is 9.68. The molecule has 0 bridgehead atoms. The fraction of sp³-hybridized carbons (Fsp3) is 0.344. The molecule has 0 amide bonds. The van der Waals surface area contributed by atoms with Gasteiger partial charge in [-0.2, -0.15) is 5.10 Å². The van der Waals surface area contributed by atoms with Crippen LogP contribution in [0, 0.1) is 5.82 Å². The van der Waals surface area contributed by atoms with Crippen molar-refractivity contribution >= 4 is 11.9 Å². The summed E-state index contributed by atoms with van der Waals surface area (Å²) in [6, 6.07) is 13.9. The molecule has 10 nitrogen and oxygen atoms in total. The number of esters is 2. The number of rotatable bonds is 13. The maximum Gasteiger partial charge on any atom is 0.336 e. The van der Waals surface area contributed by atoms with Gasteiger partial charge in [0, 0.05) is 42.9 Å². The van der Waals surface area contributed by atoms with Crippen LogP contribution < -0.4 is 10.1 Å². The number of benzene rings is 2. The van der Waals surface area contributed by atoms with Gasteiger partial charge in [0.15, 0.2) is 11.6 Å². The van der Waals surface area contributed by atoms with Gasteiger partial charge in [0.25, 0.3) is 0 Å². The molecule has 1 aromatic heterocycles. The molecule has 11 heteroatoms. The Morgan fingerprint density at radius 2 is 1.51 bits per heavy atom. The van der Waals surface area contributed by atoms with Crippen molar-refractivity contribution in [2.24, 2.45) is 0 Å². The fourth-order valence-electron chi connectivity index (χ4n) is 4.89. The molecule has 1 aliphatic heterocycles. The highest BCUT2D eigenvalue weighted by Gasteiger charge is 2.40. The van der Waals surface area contributed by atoms with Crippen molar-refractivity contribution in [3.8, 4) is 22.7 Å². The number of carbonyl (C=O) groups excluding carboxylic acids is 2. The Bertz CT molecular complexity index is 1470. The summed E-state index contributed by atoms with van der Waals surface area (Å²) >= 11 is 0. The van der Waals surface area contributed by atoms with Gasteiger partial charge in [-0.1, -0.05) is 18.2 Å². The van der Waals surface area contributed by atoms with E-state index in [-0.39, 0.29) is 43.3 Å². The number of hydrogen-bond acceptors (Lipinski definition) is 9. The molecular formula is C32H36FN3O7. The van der Waals surface area contributed by atoms with Gasteiger partial charge in [0.1, 0.15) is 13.2 Å². The molecule has 0 spiro atoms. The van der Waals surface area contributed by atoms with Crippen LogP contribution in [0.5, 0.6) is 5.75 Å². The zero-order valence-electron chi connectivity index (χ0n) is 24.9. The molecule has 0 saturated carbocycles. The van der Waals surface area contributed by atoms with Crippen LogP contribution in [0.2, 0.25) is 0 Å². The standard InChI is InChI=1S/C32H36FN3O7/c1-6-41-26-13-12-22(18-25(26)33)30-24(19-36(35-30)23-10-8-7-9-11-23)29-27(31(37)42-16-14-39-4)20(2)34-21(3)28(29)32(38)43-17-15-40-5/h7-13,18-19,29,34H,6,14-17H2,1-5H3. The summed E-state index contributed by atoms with van der Waals surface area (Å²) in [7, 11) is 3.01. The molecule has 4 rings (SSSR count). The van der Waals surface area contributed by atoms with Crippen molar-refractivity contribution in [3.05, 3.63) is 88.6 Å². The zero-order chi connectivity index (χ0) is 30.9. The van der Waals surface area contributed by atoms with E-state index in [1.807, 2.05) is 30.3 Å². The van der Waals surface area contributed by atoms with E-state index in [1.54, 1.807) is 37.7 Å². The normalized spacial score (nSPS) is 13.6. The third-order valence-corrected chi connectivity index (χ3v) is 6.82. The first-order valence-electron chi connectivity index (χ1n) is 13.9. The first kappa shape index (κ1) is 31.5. The Morgan fingerprint density at radius 1 is 0.907 bits per heavy atom. The van der Waals surface area contributed by atoms with E-state index < -0.39 is 23.7 Å². The van der Waals surface area contributed by atoms with Gasteiger partial charge >= 0.3 is 11.9 Å². The summed E-state index contributed by atoms with van der Waals surface area (Å²) in [6.45, 7) is 5.94. The Balaban J connectivity index is 1.94. The molecule has 0 aliphatic carbocycles. The zero-order valence-corrected chi connectivity index (χ0v) is 24.9. The quantitative estimate of drug-likeness (QED) is 0.223. The molecule has 1 aliphatic rings. The van der Waals surface area contributed by atoms with Crippen LogP contribution in [-0.2, 0) is 28.5 Å². The fourth-order valence-corrected chi connectivity index (χ4v) is 4.89. The van der Waals surface area contributed by atoms with E-state index in [4.69, 9.17) is 28.8 Å². The average molecular weight is 594 g/mol. The molecule has 0 unspecified atom stereocenters. The SMILES string of the molecule is CCOc1ccc(-c2nn(-c3ccccc3)cc2C2C(C(=O)OCCOC)=C(C)NC(C)=C2C(=O)OCCOC)cc1F. The lowest BCUT2D eigenvalue weighted by Gasteiger charge is -2.30. The third-order valence-electron chi connectivity index (χ3n) is 6.82. The van der Waals surface area contributed by atoms with Gasteiger partial charge in [-0.15, -0.1) is 0 Å². The van der Waals surface area contributed by atoms with Crippen LogP contribution in [0.3, 0.4) is 0 Å². The smallest absolute Gasteiger partial charge is 0.336 e. The lowest BCUT2D eigenvalue weighted by molar-refractivity contribution is -0.141. The van der Waals surface area contributed by atoms with Crippen molar-refractivity contribution in [2.45, 2.75) is 26.7 Å². The average Bonchev–Trinajstić information content (AvgIpc) is 3.44. The Labute approximate surface area is 250 Å². The number of carbonyl (C=O) groups is 2. The maximum atomic E-state index is 15.1. The molecule has 0 fully saturated rings. The second-order valence-corrected chi connectivity index (χ2v) is 9.68. The summed E-state index contributed by atoms with van der Waals surface area (Å²) in [6.07, 6.45) is 1.74. The summed E-state index contributed by atoms with van der Waals surface area (Å²) in [5.74, 6) is -2.71. The van der Waals surface area contributed by atoms with Gasteiger partial charge in [-0.05, 0) is 51.1 Å². The lowest BCUT2D eigenvalue weighted by Crippen LogP contribution is -2.33. The Kier molecular flexibility index (Phi) is 10.7. The summed E-state index contributed by atoms with van der Waals surface area (Å²) in [5.41, 5.74) is 3.38. The molecule has 43 heavy (non-hydrogen) atoms. The van der Waals surface area contributed by atoms with Crippen LogP contribution in [0.25, 0.3) is 16.9 Å². The predicted octanol–water partition coefficient (Wildman–Crippen LogP) is 4.69. The third kappa shape index (κ3) is 7.12. The predicted molar refractivity (Wildman–Crippen MR) is 157 cm³/mol. The molecule has 228 valence electrons. The van der Waals surface area contributed by atoms with E-state index in [0.717, 1.165) is 5.69 Å². The Morgan fingerprint density at radius 3 is 2.05 bits per heavy atom. The van der Waals surface area contributed by atoms with Gasteiger partial charge in [-0.25, -0.2) is 18.7 Å². The molecule has 1 N–H and O–H groups in total. The van der Waals surface area contributed by atoms with Crippen molar-refractivity contribution in [1.82, 2.24) is 15.1 Å². The van der Waals surface area contributed by atoms with Crippen LogP contribution in [0.1, 0.15) is 32.3 Å². The van der Waals surface area contributed by atoms with Gasteiger partial charge in [-0.3, -0.25) is 0 Å². The Hall–Kier alpha value is -4.48. The first-order chi connectivity index (χ1) is 20.8. The van der Waals surface area contributed by atoms with Crippen LogP contribution in [0.15, 0.2) is 77.3 Å². The topological polar surface area (TPSA) is 110 Å². The number of ether oxygens (including phenoxy) is 5. The van der Waals surface area contributed by atoms with Crippen LogP contribution in [-0.4, -0.2) is 69.0 Å². The summed E-state index contributed by atoms with van der Waals surface area (Å²) in [4.78, 5) is 27.2. The molecule has 2 heterocycles. The van der Waals surface area contributed by atoms with Crippen molar-refractivity contribution in [3.63, 3.8) is 0 Å². The molecule has 0 atom stereocenters. The molecule has 0 radical (unpaired) electrons. The number of halogens is 1. The maximum absolute atomic E-state index is 15.1. The molecule has 0 saturated heterocycles. The van der Waals surface area contributed by atoms with Gasteiger partial charge < -0.3 is 29.0 Å². The number of methoxy groups -OCH3 is 2. The number of allylic oxidation sites excluding steroid dienone is 2. The van der Waals surface area contributed by atoms with E-state index in [1.165, 1.54) is 26.4 Å². The molecule has 3 aromatic rings. The number of para-hydroxylation sites is 1. The van der Waals surface area contributed by atoms with Crippen molar-refractivity contribution in [2.75, 3.05) is 47.3 Å². The highest BCUT2D eigenvalue weighted by molar-refractivity contribution is 6.00. The van der Waals surface area contributed by atoms with E-state index in [9.17, 15) is 9.59 Å². The summed E-state index contributed by atoms with van der Waals surface area (Å²) in [5, 5.41) is 7.97. The van der Waals surface area contributed by atoms with Crippen molar-refractivity contribution < 1.29 is 37.7 Å². The largest absolute Gasteiger partial charge is 0.491 e. The van der Waals surface area contributed by atoms with Gasteiger partial charge in [0.05, 0.1) is 48.3 Å². The van der Waals surface area contributed by atoms with E-state index >= 15 is 4.39 Å². The number of aromatic nitrogens is 2. The summed E-state index contributed by atoms with van der Waals surface area (Å²) < 4.78 is 43.4. The van der Waals surface area contributed by atoms with Crippen molar-refractivity contribution in [1.29, 1.82) is 0 Å². The lowest BCUT2D eigenvalue weighted by atomic mass is 9.79. The van der Waals surface area contributed by atoms with Gasteiger partial charge in [0.2, 0.25) is 0 Å². The van der Waals surface area contributed by atoms with E-state index in [2.05, 4.69) is 5.32 Å². The minimum absolute atomic E-state index is 0.00931. The minimum atomic E-state index is -0.964. The molecular weight excluding hydrogens is 557 g/mol. The number of hydrogen-bond donors (Lipinski definition) is 1. The highest BCUT2D eigenvalue weighted by Crippen LogP contribution is 2.43. The highest BCUT2D eigenvalue weighted by atomic mass is 19.1. The second kappa shape index (κ2) is 14.6.